The van der Waals surface area contributed by atoms with E-state index in [0.717, 1.165) is 38.7 Å². The molecule has 2 saturated heterocycles. The zero-order valence-electron chi connectivity index (χ0n) is 10.0. The Balaban J connectivity index is 0.000000810. The van der Waals surface area contributed by atoms with Crippen molar-refractivity contribution < 1.29 is 9.47 Å². The Labute approximate surface area is 119 Å². The standard InChI is InChI=1S/C12H16N2O2.2ClH/c1-2-11(5-13-3-1)16-9-12-7-14-4-10(12)6-15-8-12;;/h1-3,5,10,14H,4,6-9H2;2*1H/t10-,12+;;/m1../s1. The molecule has 0 spiro atoms. The van der Waals surface area contributed by atoms with Crippen molar-refractivity contribution in [2.45, 2.75) is 0 Å². The Morgan fingerprint density at radius 1 is 1.50 bits per heavy atom. The second-order valence-electron chi connectivity index (χ2n) is 4.68. The highest BCUT2D eigenvalue weighted by molar-refractivity contribution is 5.85. The highest BCUT2D eigenvalue weighted by Gasteiger charge is 2.48. The zero-order chi connectivity index (χ0) is 10.8. The smallest absolute Gasteiger partial charge is 0.137 e. The van der Waals surface area contributed by atoms with E-state index >= 15 is 0 Å². The third kappa shape index (κ3) is 2.88. The predicted octanol–water partition coefficient (Wildman–Crippen LogP) is 1.54. The Kier molecular flexibility index (Phi) is 5.66. The molecule has 0 bridgehead atoms. The second kappa shape index (κ2) is 6.57. The maximum Gasteiger partial charge on any atom is 0.137 e. The number of ether oxygens (including phenoxy) is 2. The van der Waals surface area contributed by atoms with Crippen molar-refractivity contribution in [3.63, 3.8) is 0 Å². The molecule has 1 N–H and O–H groups in total. The van der Waals surface area contributed by atoms with Crippen LogP contribution in [0.4, 0.5) is 0 Å². The van der Waals surface area contributed by atoms with Gasteiger partial charge in [0.15, 0.2) is 0 Å². The van der Waals surface area contributed by atoms with Crippen molar-refractivity contribution in [2.75, 3.05) is 32.9 Å². The average molecular weight is 293 g/mol. The lowest BCUT2D eigenvalue weighted by atomic mass is 9.82. The number of nitrogens with zero attached hydrogens (tertiary/aromatic N) is 1. The molecule has 3 heterocycles. The number of rotatable bonds is 3. The number of halogens is 2. The monoisotopic (exact) mass is 292 g/mol. The summed E-state index contributed by atoms with van der Waals surface area (Å²) in [5.41, 5.74) is 0.176. The maximum absolute atomic E-state index is 5.81. The minimum atomic E-state index is 0. The van der Waals surface area contributed by atoms with Crippen molar-refractivity contribution >= 4 is 24.8 Å². The van der Waals surface area contributed by atoms with Gasteiger partial charge >= 0.3 is 0 Å². The first-order valence-corrected chi connectivity index (χ1v) is 5.70. The number of pyridine rings is 1. The van der Waals surface area contributed by atoms with Crippen LogP contribution in [0.25, 0.3) is 0 Å². The van der Waals surface area contributed by atoms with Gasteiger partial charge in [-0.2, -0.15) is 0 Å². The third-order valence-electron chi connectivity index (χ3n) is 3.60. The minimum absolute atomic E-state index is 0. The van der Waals surface area contributed by atoms with Gasteiger partial charge in [0, 0.05) is 30.6 Å². The van der Waals surface area contributed by atoms with Gasteiger partial charge in [-0.1, -0.05) is 0 Å². The Morgan fingerprint density at radius 3 is 3.17 bits per heavy atom. The molecule has 2 fully saturated rings. The molecule has 4 nitrogen and oxygen atoms in total. The maximum atomic E-state index is 5.81. The molecular weight excluding hydrogens is 275 g/mol. The van der Waals surface area contributed by atoms with Crippen molar-refractivity contribution in [2.24, 2.45) is 11.3 Å². The van der Waals surface area contributed by atoms with E-state index in [0.29, 0.717) is 5.92 Å². The van der Waals surface area contributed by atoms with Crippen LogP contribution >= 0.6 is 24.8 Å². The summed E-state index contributed by atoms with van der Waals surface area (Å²) in [6.07, 6.45) is 3.51. The number of hydrogen-bond donors (Lipinski definition) is 1. The first kappa shape index (κ1) is 15.5. The summed E-state index contributed by atoms with van der Waals surface area (Å²) in [4.78, 5) is 4.04. The van der Waals surface area contributed by atoms with Gasteiger partial charge in [-0.05, 0) is 12.1 Å². The van der Waals surface area contributed by atoms with Crippen LogP contribution in [0.3, 0.4) is 0 Å². The number of aromatic nitrogens is 1. The predicted molar refractivity (Wildman–Crippen MR) is 73.8 cm³/mol. The van der Waals surface area contributed by atoms with Crippen molar-refractivity contribution in [3.05, 3.63) is 24.5 Å². The Morgan fingerprint density at radius 2 is 2.39 bits per heavy atom. The molecule has 3 rings (SSSR count). The molecule has 6 heteroatoms. The fourth-order valence-corrected chi connectivity index (χ4v) is 2.54. The van der Waals surface area contributed by atoms with Crippen LogP contribution in [0.15, 0.2) is 24.5 Å². The summed E-state index contributed by atoms with van der Waals surface area (Å²) < 4.78 is 11.4. The molecule has 18 heavy (non-hydrogen) atoms. The number of nitrogens with one attached hydrogen (secondary N) is 1. The Bertz CT molecular complexity index is 354. The number of fused-ring (bicyclic) bond motifs is 1. The first-order chi connectivity index (χ1) is 7.89. The molecule has 0 amide bonds. The van der Waals surface area contributed by atoms with E-state index in [1.807, 2.05) is 12.1 Å². The summed E-state index contributed by atoms with van der Waals surface area (Å²) in [5, 5.41) is 3.43. The number of hydrogen-bond acceptors (Lipinski definition) is 4. The fourth-order valence-electron chi connectivity index (χ4n) is 2.54. The van der Waals surface area contributed by atoms with Gasteiger partial charge in [-0.3, -0.25) is 4.98 Å². The summed E-state index contributed by atoms with van der Waals surface area (Å²) in [7, 11) is 0. The largest absolute Gasteiger partial charge is 0.491 e. The highest BCUT2D eigenvalue weighted by Crippen LogP contribution is 2.37. The van der Waals surface area contributed by atoms with E-state index in [-0.39, 0.29) is 30.2 Å². The summed E-state index contributed by atoms with van der Waals surface area (Å²) in [5.74, 6) is 1.44. The lowest BCUT2D eigenvalue weighted by molar-refractivity contribution is 0.108. The highest BCUT2D eigenvalue weighted by atomic mass is 35.5. The lowest BCUT2D eigenvalue weighted by Crippen LogP contribution is -2.36. The van der Waals surface area contributed by atoms with Gasteiger partial charge in [0.25, 0.3) is 0 Å². The quantitative estimate of drug-likeness (QED) is 0.918. The lowest BCUT2D eigenvalue weighted by Gasteiger charge is -2.25. The minimum Gasteiger partial charge on any atom is -0.491 e. The topological polar surface area (TPSA) is 43.4 Å². The molecule has 102 valence electrons. The first-order valence-electron chi connectivity index (χ1n) is 5.70. The van der Waals surface area contributed by atoms with E-state index < -0.39 is 0 Å². The normalized spacial score (nSPS) is 29.0. The molecule has 0 saturated carbocycles. The summed E-state index contributed by atoms with van der Waals surface area (Å²) in [6, 6.07) is 3.83. The Hall–Kier alpha value is -0.550. The van der Waals surface area contributed by atoms with E-state index in [1.165, 1.54) is 0 Å². The third-order valence-corrected chi connectivity index (χ3v) is 3.60. The van der Waals surface area contributed by atoms with E-state index in [2.05, 4.69) is 10.3 Å². The molecule has 2 aliphatic rings. The molecule has 1 aromatic rings. The molecule has 2 atom stereocenters. The molecule has 1 aromatic heterocycles. The van der Waals surface area contributed by atoms with E-state index in [4.69, 9.17) is 9.47 Å². The van der Waals surface area contributed by atoms with Crippen LogP contribution in [-0.2, 0) is 4.74 Å². The molecule has 0 aromatic carbocycles. The molecule has 0 radical (unpaired) electrons. The summed E-state index contributed by atoms with van der Waals surface area (Å²) in [6.45, 7) is 4.44. The van der Waals surface area contributed by atoms with Crippen molar-refractivity contribution in [1.82, 2.24) is 10.3 Å². The molecule has 0 unspecified atom stereocenters. The van der Waals surface area contributed by atoms with Crippen LogP contribution in [0.5, 0.6) is 5.75 Å². The van der Waals surface area contributed by atoms with Gasteiger partial charge in [0.1, 0.15) is 5.75 Å². The zero-order valence-corrected chi connectivity index (χ0v) is 11.6. The SMILES string of the molecule is Cl.Cl.c1cncc(OC[C@@]23CNC[C@@H]2COC3)c1. The van der Waals surface area contributed by atoms with E-state index in [9.17, 15) is 0 Å². The van der Waals surface area contributed by atoms with Crippen molar-refractivity contribution in [1.29, 1.82) is 0 Å². The van der Waals surface area contributed by atoms with Gasteiger partial charge in [-0.15, -0.1) is 24.8 Å². The van der Waals surface area contributed by atoms with Crippen LogP contribution in [-0.4, -0.2) is 37.9 Å². The van der Waals surface area contributed by atoms with Gasteiger partial charge in [0.05, 0.1) is 26.0 Å². The van der Waals surface area contributed by atoms with Crippen LogP contribution in [0.1, 0.15) is 0 Å². The van der Waals surface area contributed by atoms with Crippen LogP contribution in [0.2, 0.25) is 0 Å². The van der Waals surface area contributed by atoms with Crippen LogP contribution < -0.4 is 10.1 Å². The van der Waals surface area contributed by atoms with E-state index in [1.54, 1.807) is 12.4 Å². The fraction of sp³-hybridized carbons (Fsp3) is 0.583. The van der Waals surface area contributed by atoms with Crippen molar-refractivity contribution in [3.8, 4) is 5.75 Å². The average Bonchev–Trinajstić information content (AvgIpc) is 2.87. The summed E-state index contributed by atoms with van der Waals surface area (Å²) >= 11 is 0. The molecule has 0 aliphatic carbocycles. The molecule has 2 aliphatic heterocycles. The molecular formula is C12H18Cl2N2O2. The van der Waals surface area contributed by atoms with Crippen LogP contribution in [0, 0.1) is 11.3 Å². The van der Waals surface area contributed by atoms with Gasteiger partial charge < -0.3 is 14.8 Å². The second-order valence-corrected chi connectivity index (χ2v) is 4.68. The van der Waals surface area contributed by atoms with Gasteiger partial charge in [-0.25, -0.2) is 0 Å². The van der Waals surface area contributed by atoms with Gasteiger partial charge in [0.2, 0.25) is 0 Å².